The van der Waals surface area contributed by atoms with Gasteiger partial charge in [0.25, 0.3) is 0 Å². The highest BCUT2D eigenvalue weighted by molar-refractivity contribution is 7.07. The predicted molar refractivity (Wildman–Crippen MR) is 61.2 cm³/mol. The van der Waals surface area contributed by atoms with Gasteiger partial charge in [-0.2, -0.15) is 11.3 Å². The van der Waals surface area contributed by atoms with Crippen molar-refractivity contribution in [1.82, 2.24) is 5.32 Å². The molecule has 3 nitrogen and oxygen atoms in total. The fourth-order valence-electron chi connectivity index (χ4n) is 1.65. The molecule has 2 heterocycles. The molecule has 1 saturated heterocycles. The average molecular weight is 227 g/mol. The molecular formula is C11H17NO2S. The molecule has 1 aromatic heterocycles. The topological polar surface area (TPSA) is 30.5 Å². The molecule has 1 aliphatic rings. The van der Waals surface area contributed by atoms with E-state index in [0.717, 1.165) is 13.1 Å². The van der Waals surface area contributed by atoms with Crippen LogP contribution < -0.4 is 5.32 Å². The van der Waals surface area contributed by atoms with Gasteiger partial charge in [-0.1, -0.05) is 0 Å². The molecule has 15 heavy (non-hydrogen) atoms. The number of thiophene rings is 1. The van der Waals surface area contributed by atoms with Crippen molar-refractivity contribution in [1.29, 1.82) is 0 Å². The van der Waals surface area contributed by atoms with Crippen LogP contribution in [0.25, 0.3) is 0 Å². The fourth-order valence-corrected chi connectivity index (χ4v) is 2.31. The van der Waals surface area contributed by atoms with Crippen molar-refractivity contribution in [3.8, 4) is 0 Å². The quantitative estimate of drug-likeness (QED) is 0.848. The van der Waals surface area contributed by atoms with Crippen LogP contribution in [0.15, 0.2) is 16.8 Å². The molecule has 0 bridgehead atoms. The first-order valence-electron chi connectivity index (χ1n) is 5.29. The number of ether oxygens (including phenoxy) is 2. The van der Waals surface area contributed by atoms with Crippen molar-refractivity contribution < 1.29 is 9.47 Å². The van der Waals surface area contributed by atoms with Crippen LogP contribution in [0, 0.1) is 0 Å². The summed E-state index contributed by atoms with van der Waals surface area (Å²) in [6.07, 6.45) is 0.501. The first kappa shape index (κ1) is 11.1. The summed E-state index contributed by atoms with van der Waals surface area (Å²) in [6.45, 7) is 5.29. The van der Waals surface area contributed by atoms with E-state index >= 15 is 0 Å². The molecule has 84 valence electrons. The highest BCUT2D eigenvalue weighted by Crippen LogP contribution is 2.09. The Kier molecular flexibility index (Phi) is 4.14. The van der Waals surface area contributed by atoms with Gasteiger partial charge in [-0.05, 0) is 29.3 Å². The molecule has 1 N–H and O–H groups in total. The third kappa shape index (κ3) is 3.57. The largest absolute Gasteiger partial charge is 0.374 e. The SMILES string of the molecule is CC1CNCC(COCc2ccsc2)O1. The van der Waals surface area contributed by atoms with Gasteiger partial charge in [-0.25, -0.2) is 0 Å². The van der Waals surface area contributed by atoms with Gasteiger partial charge in [-0.3, -0.25) is 0 Å². The lowest BCUT2D eigenvalue weighted by molar-refractivity contribution is -0.0716. The molecule has 2 unspecified atom stereocenters. The summed E-state index contributed by atoms with van der Waals surface area (Å²) in [5, 5.41) is 7.51. The molecule has 1 aliphatic heterocycles. The lowest BCUT2D eigenvalue weighted by Gasteiger charge is -2.28. The van der Waals surface area contributed by atoms with E-state index < -0.39 is 0 Å². The van der Waals surface area contributed by atoms with Crippen LogP contribution in [0.5, 0.6) is 0 Å². The Bertz CT molecular complexity index is 276. The molecule has 1 fully saturated rings. The zero-order valence-electron chi connectivity index (χ0n) is 8.94. The zero-order valence-corrected chi connectivity index (χ0v) is 9.76. The molecule has 0 aromatic carbocycles. The number of hydrogen-bond acceptors (Lipinski definition) is 4. The maximum atomic E-state index is 5.72. The van der Waals surface area contributed by atoms with Gasteiger partial charge in [0.15, 0.2) is 0 Å². The van der Waals surface area contributed by atoms with Crippen molar-refractivity contribution in [2.24, 2.45) is 0 Å². The highest BCUT2D eigenvalue weighted by Gasteiger charge is 2.18. The first-order valence-corrected chi connectivity index (χ1v) is 6.24. The fraction of sp³-hybridized carbons (Fsp3) is 0.636. The lowest BCUT2D eigenvalue weighted by Crippen LogP contribution is -2.45. The van der Waals surface area contributed by atoms with Gasteiger partial charge in [-0.15, -0.1) is 0 Å². The van der Waals surface area contributed by atoms with Crippen LogP contribution >= 0.6 is 11.3 Å². The van der Waals surface area contributed by atoms with Crippen molar-refractivity contribution >= 4 is 11.3 Å². The van der Waals surface area contributed by atoms with Crippen LogP contribution in [-0.4, -0.2) is 31.9 Å². The standard InChI is InChI=1S/C11H17NO2S/c1-9-4-12-5-11(14-9)7-13-6-10-2-3-15-8-10/h2-3,8-9,11-12H,4-7H2,1H3. The Hall–Kier alpha value is -0.420. The monoisotopic (exact) mass is 227 g/mol. The molecule has 0 spiro atoms. The molecule has 2 rings (SSSR count). The van der Waals surface area contributed by atoms with Crippen molar-refractivity contribution in [3.05, 3.63) is 22.4 Å². The summed E-state index contributed by atoms with van der Waals surface area (Å²) in [4.78, 5) is 0. The Labute approximate surface area is 94.4 Å². The van der Waals surface area contributed by atoms with E-state index in [2.05, 4.69) is 29.1 Å². The normalized spacial score (nSPS) is 26.7. The van der Waals surface area contributed by atoms with E-state index in [4.69, 9.17) is 9.47 Å². The predicted octanol–water partition coefficient (Wildman–Crippen LogP) is 1.64. The number of hydrogen-bond donors (Lipinski definition) is 1. The molecule has 0 saturated carbocycles. The van der Waals surface area contributed by atoms with Crippen molar-refractivity contribution in [2.75, 3.05) is 19.7 Å². The zero-order chi connectivity index (χ0) is 10.5. The van der Waals surface area contributed by atoms with Gasteiger partial charge < -0.3 is 14.8 Å². The maximum absolute atomic E-state index is 5.72. The minimum atomic E-state index is 0.201. The van der Waals surface area contributed by atoms with E-state index in [9.17, 15) is 0 Å². The van der Waals surface area contributed by atoms with Gasteiger partial charge in [0.1, 0.15) is 0 Å². The Morgan fingerprint density at radius 1 is 1.60 bits per heavy atom. The van der Waals surface area contributed by atoms with Crippen molar-refractivity contribution in [2.45, 2.75) is 25.7 Å². The first-order chi connectivity index (χ1) is 7.34. The minimum Gasteiger partial charge on any atom is -0.374 e. The number of morpholine rings is 1. The van der Waals surface area contributed by atoms with Crippen LogP contribution in [-0.2, 0) is 16.1 Å². The summed E-state index contributed by atoms with van der Waals surface area (Å²) in [5.41, 5.74) is 1.25. The summed E-state index contributed by atoms with van der Waals surface area (Å²) in [6, 6.07) is 2.09. The number of rotatable bonds is 4. The Morgan fingerprint density at radius 2 is 2.53 bits per heavy atom. The third-order valence-electron chi connectivity index (χ3n) is 2.38. The van der Waals surface area contributed by atoms with Crippen LogP contribution in [0.2, 0.25) is 0 Å². The van der Waals surface area contributed by atoms with E-state index in [1.54, 1.807) is 11.3 Å². The Balaban J connectivity index is 1.65. The second-order valence-electron chi connectivity index (χ2n) is 3.87. The smallest absolute Gasteiger partial charge is 0.0936 e. The van der Waals surface area contributed by atoms with E-state index in [1.807, 2.05) is 0 Å². The molecule has 0 radical (unpaired) electrons. The second-order valence-corrected chi connectivity index (χ2v) is 4.65. The van der Waals surface area contributed by atoms with Crippen LogP contribution in [0.4, 0.5) is 0 Å². The van der Waals surface area contributed by atoms with Gasteiger partial charge in [0, 0.05) is 13.1 Å². The molecule has 0 aliphatic carbocycles. The van der Waals surface area contributed by atoms with Crippen LogP contribution in [0.3, 0.4) is 0 Å². The molecule has 0 amide bonds. The summed E-state index contributed by atoms with van der Waals surface area (Å²) in [5.74, 6) is 0. The second kappa shape index (κ2) is 5.61. The number of nitrogens with one attached hydrogen (secondary N) is 1. The van der Waals surface area contributed by atoms with E-state index in [-0.39, 0.29) is 6.10 Å². The average Bonchev–Trinajstić information content (AvgIpc) is 2.71. The summed E-state index contributed by atoms with van der Waals surface area (Å²) in [7, 11) is 0. The van der Waals surface area contributed by atoms with Gasteiger partial charge in [0.05, 0.1) is 25.4 Å². The van der Waals surface area contributed by atoms with E-state index in [1.165, 1.54) is 5.56 Å². The lowest BCUT2D eigenvalue weighted by atomic mass is 10.2. The maximum Gasteiger partial charge on any atom is 0.0936 e. The van der Waals surface area contributed by atoms with Crippen molar-refractivity contribution in [3.63, 3.8) is 0 Å². The Morgan fingerprint density at radius 3 is 3.27 bits per heavy atom. The van der Waals surface area contributed by atoms with Crippen LogP contribution in [0.1, 0.15) is 12.5 Å². The van der Waals surface area contributed by atoms with Gasteiger partial charge in [0.2, 0.25) is 0 Å². The minimum absolute atomic E-state index is 0.201. The third-order valence-corrected chi connectivity index (χ3v) is 3.11. The molecule has 4 heteroatoms. The molecular weight excluding hydrogens is 210 g/mol. The van der Waals surface area contributed by atoms with E-state index in [0.29, 0.717) is 19.3 Å². The molecule has 2 atom stereocenters. The molecule has 1 aromatic rings. The highest BCUT2D eigenvalue weighted by atomic mass is 32.1. The summed E-state index contributed by atoms with van der Waals surface area (Å²) < 4.78 is 11.3. The van der Waals surface area contributed by atoms with Gasteiger partial charge >= 0.3 is 0 Å². The summed E-state index contributed by atoms with van der Waals surface area (Å²) >= 11 is 1.70.